The molecule has 1 unspecified atom stereocenters. The van der Waals surface area contributed by atoms with E-state index in [1.54, 1.807) is 18.1 Å². The molecule has 0 spiro atoms. The van der Waals surface area contributed by atoms with Crippen LogP contribution in [0.25, 0.3) is 0 Å². The van der Waals surface area contributed by atoms with Crippen molar-refractivity contribution in [2.24, 2.45) is 0 Å². The molecule has 1 fully saturated rings. The fourth-order valence-corrected chi connectivity index (χ4v) is 3.05. The Kier molecular flexibility index (Phi) is 2.75. The largest absolute Gasteiger partial charge is 0.347 e. The molecule has 3 nitrogen and oxygen atoms in total. The Morgan fingerprint density at radius 3 is 2.86 bits per heavy atom. The highest BCUT2D eigenvalue weighted by Crippen LogP contribution is 2.37. The van der Waals surface area contributed by atoms with Gasteiger partial charge in [0.15, 0.2) is 0 Å². The summed E-state index contributed by atoms with van der Waals surface area (Å²) in [5.74, 6) is 0.542. The predicted molar refractivity (Wildman–Crippen MR) is 88.3 cm³/mol. The standard InChI is InChI=1S/C17H19N3.ClH/c1-19-9-10-20-16(12-19)15-7-3-2-5-13(15)11-14-6-4-8-18-17(14)20;/h2-8,16H,9-12H2,1H3;1H/i9D2,10D2;. The number of likely N-dealkylation sites (N-methyl/N-ethyl adjacent to an activating group) is 1. The van der Waals surface area contributed by atoms with Gasteiger partial charge < -0.3 is 9.80 Å². The average molecular weight is 306 g/mol. The van der Waals surface area contributed by atoms with Crippen LogP contribution in [-0.2, 0) is 6.42 Å². The lowest BCUT2D eigenvalue weighted by Crippen LogP contribution is -2.47. The van der Waals surface area contributed by atoms with Gasteiger partial charge in [0.2, 0.25) is 0 Å². The number of benzene rings is 1. The molecule has 110 valence electrons. The Bertz CT molecular complexity index is 799. The van der Waals surface area contributed by atoms with Crippen molar-refractivity contribution in [2.75, 3.05) is 31.5 Å². The van der Waals surface area contributed by atoms with Gasteiger partial charge in [-0.1, -0.05) is 30.3 Å². The molecule has 1 aromatic heterocycles. The highest BCUT2D eigenvalue weighted by atomic mass is 35.5. The summed E-state index contributed by atoms with van der Waals surface area (Å²) in [4.78, 5) is 7.45. The van der Waals surface area contributed by atoms with Crippen molar-refractivity contribution >= 4 is 18.2 Å². The molecule has 1 aromatic carbocycles. The quantitative estimate of drug-likeness (QED) is 0.746. The predicted octanol–water partition coefficient (Wildman–Crippen LogP) is 2.90. The second kappa shape index (κ2) is 5.66. The lowest BCUT2D eigenvalue weighted by Gasteiger charge is -2.41. The number of aromatic nitrogens is 1. The van der Waals surface area contributed by atoms with E-state index in [1.165, 1.54) is 4.90 Å². The van der Waals surface area contributed by atoms with Crippen molar-refractivity contribution in [3.8, 4) is 0 Å². The van der Waals surface area contributed by atoms with Gasteiger partial charge in [-0.3, -0.25) is 0 Å². The second-order valence-corrected chi connectivity index (χ2v) is 5.35. The van der Waals surface area contributed by atoms with E-state index in [0.717, 1.165) is 16.7 Å². The van der Waals surface area contributed by atoms with Crippen LogP contribution in [0.3, 0.4) is 0 Å². The summed E-state index contributed by atoms with van der Waals surface area (Å²) < 4.78 is 33.8. The number of halogens is 1. The van der Waals surface area contributed by atoms with Crippen LogP contribution in [0.5, 0.6) is 0 Å². The van der Waals surface area contributed by atoms with Gasteiger partial charge in [-0.2, -0.15) is 0 Å². The molecule has 0 N–H and O–H groups in total. The van der Waals surface area contributed by atoms with Crippen molar-refractivity contribution in [1.82, 2.24) is 9.88 Å². The molecule has 0 saturated carbocycles. The maximum Gasteiger partial charge on any atom is 0.132 e. The molecule has 21 heavy (non-hydrogen) atoms. The van der Waals surface area contributed by atoms with E-state index in [4.69, 9.17) is 5.48 Å². The third-order valence-electron chi connectivity index (χ3n) is 4.01. The Labute approximate surface area is 137 Å². The number of hydrogen-bond donors (Lipinski definition) is 0. The molecule has 0 radical (unpaired) electrons. The van der Waals surface area contributed by atoms with Crippen LogP contribution in [0.15, 0.2) is 42.6 Å². The van der Waals surface area contributed by atoms with Crippen molar-refractivity contribution < 1.29 is 5.48 Å². The third-order valence-corrected chi connectivity index (χ3v) is 4.01. The van der Waals surface area contributed by atoms with Crippen LogP contribution in [0.2, 0.25) is 0 Å². The summed E-state index contributed by atoms with van der Waals surface area (Å²) >= 11 is 0. The van der Waals surface area contributed by atoms with Gasteiger partial charge >= 0.3 is 0 Å². The molecule has 2 aliphatic heterocycles. The molecule has 3 heterocycles. The highest BCUT2D eigenvalue weighted by Gasteiger charge is 2.32. The summed E-state index contributed by atoms with van der Waals surface area (Å²) in [5, 5.41) is 0. The van der Waals surface area contributed by atoms with Gasteiger partial charge in [0.25, 0.3) is 0 Å². The maximum absolute atomic E-state index is 8.59. The van der Waals surface area contributed by atoms with Crippen molar-refractivity contribution in [2.45, 2.75) is 12.5 Å². The lowest BCUT2D eigenvalue weighted by atomic mass is 9.96. The van der Waals surface area contributed by atoms with Crippen LogP contribution >= 0.6 is 12.4 Å². The maximum atomic E-state index is 8.59. The number of pyridine rings is 1. The molecule has 4 heteroatoms. The zero-order chi connectivity index (χ0) is 17.1. The Morgan fingerprint density at radius 2 is 1.95 bits per heavy atom. The highest BCUT2D eigenvalue weighted by molar-refractivity contribution is 5.85. The van der Waals surface area contributed by atoms with E-state index in [1.807, 2.05) is 30.3 Å². The van der Waals surface area contributed by atoms with E-state index >= 15 is 0 Å². The number of piperazine rings is 1. The molecular formula is C17H20ClN3. The van der Waals surface area contributed by atoms with E-state index in [0.29, 0.717) is 18.8 Å². The minimum Gasteiger partial charge on any atom is -0.347 e. The van der Waals surface area contributed by atoms with E-state index in [-0.39, 0.29) is 18.4 Å². The van der Waals surface area contributed by atoms with Crippen LogP contribution < -0.4 is 4.90 Å². The summed E-state index contributed by atoms with van der Waals surface area (Å²) in [6.07, 6.45) is 2.32. The molecule has 1 atom stereocenters. The first-order valence-electron chi connectivity index (χ1n) is 8.86. The zero-order valence-electron chi connectivity index (χ0n) is 15.8. The fourth-order valence-electron chi connectivity index (χ4n) is 3.05. The van der Waals surface area contributed by atoms with Gasteiger partial charge in [0.05, 0.1) is 8.78 Å². The summed E-state index contributed by atoms with van der Waals surface area (Å²) in [6, 6.07) is 11.6. The van der Waals surface area contributed by atoms with Crippen molar-refractivity contribution in [3.63, 3.8) is 0 Å². The number of fused-ring (bicyclic) bond motifs is 5. The number of nitrogens with zero attached hydrogens (tertiary/aromatic N) is 3. The molecule has 0 amide bonds. The van der Waals surface area contributed by atoms with E-state index in [9.17, 15) is 0 Å². The topological polar surface area (TPSA) is 19.4 Å². The van der Waals surface area contributed by atoms with Crippen molar-refractivity contribution in [1.29, 1.82) is 0 Å². The molecule has 0 bridgehead atoms. The van der Waals surface area contributed by atoms with Crippen LogP contribution in [-0.4, -0.2) is 36.5 Å². The minimum absolute atomic E-state index is 0. The van der Waals surface area contributed by atoms with E-state index in [2.05, 4.69) is 11.1 Å². The van der Waals surface area contributed by atoms with Gasteiger partial charge in [0.1, 0.15) is 5.82 Å². The number of hydrogen-bond acceptors (Lipinski definition) is 3. The Morgan fingerprint density at radius 1 is 1.14 bits per heavy atom. The molecule has 2 aromatic rings. The first-order valence-corrected chi connectivity index (χ1v) is 6.86. The van der Waals surface area contributed by atoms with Gasteiger partial charge in [0, 0.05) is 34.9 Å². The van der Waals surface area contributed by atoms with Crippen LogP contribution in [0.1, 0.15) is 28.2 Å². The normalized spacial score (nSPS) is 28.2. The third kappa shape index (κ3) is 2.41. The Hall–Kier alpha value is -1.58. The fraction of sp³-hybridized carbons (Fsp3) is 0.353. The van der Waals surface area contributed by atoms with Crippen molar-refractivity contribution in [3.05, 3.63) is 59.3 Å². The first-order chi connectivity index (χ1) is 11.3. The number of rotatable bonds is 0. The summed E-state index contributed by atoms with van der Waals surface area (Å²) in [5.41, 5.74) is 3.12. The summed E-state index contributed by atoms with van der Waals surface area (Å²) in [7, 11) is 1.64. The molecule has 4 rings (SSSR count). The monoisotopic (exact) mass is 305 g/mol. The SMILES string of the molecule is Cl.[2H]C1([2H])N(C)CC2c3ccccc3Cc3cccnc3N2C1([2H])[2H]. The number of anilines is 1. The lowest BCUT2D eigenvalue weighted by molar-refractivity contribution is 0.268. The second-order valence-electron chi connectivity index (χ2n) is 5.35. The Balaban J connectivity index is 0.00000182. The zero-order valence-corrected chi connectivity index (χ0v) is 12.6. The molecule has 0 aliphatic carbocycles. The van der Waals surface area contributed by atoms with Gasteiger partial charge in [-0.15, -0.1) is 12.4 Å². The minimum atomic E-state index is -2.20. The van der Waals surface area contributed by atoms with E-state index < -0.39 is 13.0 Å². The van der Waals surface area contributed by atoms with Crippen LogP contribution in [0, 0.1) is 0 Å². The average Bonchev–Trinajstić information content (AvgIpc) is 2.68. The van der Waals surface area contributed by atoms with Gasteiger partial charge in [-0.25, -0.2) is 4.98 Å². The smallest absolute Gasteiger partial charge is 0.132 e. The van der Waals surface area contributed by atoms with Crippen LogP contribution in [0.4, 0.5) is 5.82 Å². The molecular weight excluding hydrogens is 282 g/mol. The molecule has 2 aliphatic rings. The summed E-state index contributed by atoms with van der Waals surface area (Å²) in [6.45, 7) is -3.91. The first kappa shape index (κ1) is 10.2. The molecule has 1 saturated heterocycles. The van der Waals surface area contributed by atoms with Gasteiger partial charge in [-0.05, 0) is 29.8 Å².